The van der Waals surface area contributed by atoms with Crippen LogP contribution in [-0.4, -0.2) is 46.8 Å². The van der Waals surface area contributed by atoms with Crippen molar-refractivity contribution in [2.75, 3.05) is 25.9 Å². The molecule has 2 heterocycles. The first-order valence-electron chi connectivity index (χ1n) is 5.60. The molecule has 1 aliphatic rings. The Morgan fingerprint density at radius 3 is 3.06 bits per heavy atom. The van der Waals surface area contributed by atoms with Gasteiger partial charge in [-0.05, 0) is 13.2 Å². The van der Waals surface area contributed by atoms with Gasteiger partial charge in [0.25, 0.3) is 0 Å². The second-order valence-corrected chi connectivity index (χ2v) is 4.83. The van der Waals surface area contributed by atoms with Crippen LogP contribution in [0.3, 0.4) is 0 Å². The Morgan fingerprint density at radius 1 is 1.50 bits per heavy atom. The van der Waals surface area contributed by atoms with Gasteiger partial charge in [0.2, 0.25) is 0 Å². The molecule has 0 radical (unpaired) electrons. The Balaban J connectivity index is 2.07. The van der Waals surface area contributed by atoms with E-state index >= 15 is 0 Å². The summed E-state index contributed by atoms with van der Waals surface area (Å²) in [7, 11) is 0. The fourth-order valence-electron chi connectivity index (χ4n) is 1.94. The Hall–Kier alpha value is -0.650. The molecule has 4 nitrogen and oxygen atoms in total. The second kappa shape index (κ2) is 5.61. The maximum Gasteiger partial charge on any atom is 0.119 e. The molecular formula is C11H18N4S. The van der Waals surface area contributed by atoms with E-state index in [0.717, 1.165) is 36.9 Å². The highest BCUT2D eigenvalue weighted by molar-refractivity contribution is 7.98. The van der Waals surface area contributed by atoms with Gasteiger partial charge in [0.1, 0.15) is 5.03 Å². The molecule has 1 atom stereocenters. The van der Waals surface area contributed by atoms with Crippen LogP contribution >= 0.6 is 11.8 Å². The van der Waals surface area contributed by atoms with Crippen molar-refractivity contribution in [2.45, 2.75) is 24.5 Å². The molecule has 1 fully saturated rings. The van der Waals surface area contributed by atoms with Gasteiger partial charge in [-0.3, -0.25) is 9.88 Å². The molecule has 1 aromatic heterocycles. The normalized spacial score (nSPS) is 22.2. The summed E-state index contributed by atoms with van der Waals surface area (Å²) in [6.07, 6.45) is 5.59. The fraction of sp³-hybridized carbons (Fsp3) is 0.636. The lowest BCUT2D eigenvalue weighted by Gasteiger charge is -2.33. The summed E-state index contributed by atoms with van der Waals surface area (Å²) in [4.78, 5) is 11.2. The minimum absolute atomic E-state index is 0.575. The van der Waals surface area contributed by atoms with Crippen molar-refractivity contribution in [3.63, 3.8) is 0 Å². The van der Waals surface area contributed by atoms with E-state index in [-0.39, 0.29) is 0 Å². The third-order valence-corrected chi connectivity index (χ3v) is 3.65. The van der Waals surface area contributed by atoms with Gasteiger partial charge < -0.3 is 5.32 Å². The Kier molecular flexibility index (Phi) is 4.15. The Labute approximate surface area is 101 Å². The molecule has 5 heteroatoms. The van der Waals surface area contributed by atoms with Crippen molar-refractivity contribution in [2.24, 2.45) is 0 Å². The predicted molar refractivity (Wildman–Crippen MR) is 66.6 cm³/mol. The highest BCUT2D eigenvalue weighted by Gasteiger charge is 2.19. The lowest BCUT2D eigenvalue weighted by Crippen LogP contribution is -2.49. The summed E-state index contributed by atoms with van der Waals surface area (Å²) in [6, 6.07) is 0.575. The van der Waals surface area contributed by atoms with E-state index in [1.807, 2.05) is 0 Å². The number of hydrogen-bond acceptors (Lipinski definition) is 5. The fourth-order valence-corrected chi connectivity index (χ4v) is 2.46. The first kappa shape index (κ1) is 11.8. The standard InChI is InChI=1S/C11H18N4S/c1-9-7-12-5-6-15(9)8-10-11(16-2)14-4-3-13-10/h3-4,9,12H,5-8H2,1-2H3. The Bertz CT molecular complexity index is 345. The van der Waals surface area contributed by atoms with E-state index in [1.165, 1.54) is 0 Å². The molecule has 1 aromatic rings. The largest absolute Gasteiger partial charge is 0.314 e. The van der Waals surface area contributed by atoms with Gasteiger partial charge in [-0.1, -0.05) is 0 Å². The van der Waals surface area contributed by atoms with Gasteiger partial charge >= 0.3 is 0 Å². The number of rotatable bonds is 3. The predicted octanol–water partition coefficient (Wildman–Crippen LogP) is 0.992. The summed E-state index contributed by atoms with van der Waals surface area (Å²) in [5.41, 5.74) is 1.10. The lowest BCUT2D eigenvalue weighted by atomic mass is 10.2. The molecule has 0 aromatic carbocycles. The van der Waals surface area contributed by atoms with Crippen molar-refractivity contribution in [1.82, 2.24) is 20.2 Å². The third-order valence-electron chi connectivity index (χ3n) is 2.92. The Morgan fingerprint density at radius 2 is 2.31 bits per heavy atom. The topological polar surface area (TPSA) is 41.1 Å². The van der Waals surface area contributed by atoms with E-state index in [9.17, 15) is 0 Å². The van der Waals surface area contributed by atoms with Crippen molar-refractivity contribution in [3.05, 3.63) is 18.1 Å². The van der Waals surface area contributed by atoms with Gasteiger partial charge in [-0.25, -0.2) is 4.98 Å². The number of aromatic nitrogens is 2. The van der Waals surface area contributed by atoms with Crippen LogP contribution in [0.2, 0.25) is 0 Å². The molecule has 88 valence electrons. The quantitative estimate of drug-likeness (QED) is 0.795. The zero-order valence-electron chi connectivity index (χ0n) is 9.81. The molecule has 1 aliphatic heterocycles. The zero-order chi connectivity index (χ0) is 11.4. The average molecular weight is 238 g/mol. The van der Waals surface area contributed by atoms with Crippen LogP contribution in [0, 0.1) is 0 Å². The van der Waals surface area contributed by atoms with Gasteiger partial charge in [0, 0.05) is 44.6 Å². The minimum Gasteiger partial charge on any atom is -0.314 e. The maximum atomic E-state index is 4.43. The molecule has 1 saturated heterocycles. The summed E-state index contributed by atoms with van der Waals surface area (Å²) in [6.45, 7) is 6.38. The number of nitrogens with zero attached hydrogens (tertiary/aromatic N) is 3. The summed E-state index contributed by atoms with van der Waals surface area (Å²) in [5, 5.41) is 4.45. The molecule has 0 amide bonds. The van der Waals surface area contributed by atoms with Crippen LogP contribution in [0.5, 0.6) is 0 Å². The number of piperazine rings is 1. The van der Waals surface area contributed by atoms with Crippen LogP contribution in [0.25, 0.3) is 0 Å². The van der Waals surface area contributed by atoms with Crippen molar-refractivity contribution in [1.29, 1.82) is 0 Å². The summed E-state index contributed by atoms with van der Waals surface area (Å²) in [5.74, 6) is 0. The monoisotopic (exact) mass is 238 g/mol. The van der Waals surface area contributed by atoms with E-state index in [1.54, 1.807) is 24.2 Å². The summed E-state index contributed by atoms with van der Waals surface area (Å²) < 4.78 is 0. The SMILES string of the molecule is CSc1nccnc1CN1CCNCC1C. The van der Waals surface area contributed by atoms with Gasteiger partial charge in [-0.15, -0.1) is 11.8 Å². The third kappa shape index (κ3) is 2.72. The van der Waals surface area contributed by atoms with Crippen molar-refractivity contribution in [3.8, 4) is 0 Å². The zero-order valence-corrected chi connectivity index (χ0v) is 10.6. The van der Waals surface area contributed by atoms with E-state index in [2.05, 4.69) is 33.4 Å². The second-order valence-electron chi connectivity index (χ2n) is 4.04. The number of thioether (sulfide) groups is 1. The van der Waals surface area contributed by atoms with Crippen LogP contribution in [-0.2, 0) is 6.54 Å². The molecule has 1 unspecified atom stereocenters. The van der Waals surface area contributed by atoms with Crippen molar-refractivity contribution >= 4 is 11.8 Å². The molecule has 16 heavy (non-hydrogen) atoms. The molecular weight excluding hydrogens is 220 g/mol. The number of hydrogen-bond donors (Lipinski definition) is 1. The molecule has 0 aliphatic carbocycles. The summed E-state index contributed by atoms with van der Waals surface area (Å²) >= 11 is 1.67. The molecule has 2 rings (SSSR count). The van der Waals surface area contributed by atoms with Crippen LogP contribution < -0.4 is 5.32 Å². The molecule has 0 spiro atoms. The van der Waals surface area contributed by atoms with Crippen LogP contribution in [0.4, 0.5) is 0 Å². The van der Waals surface area contributed by atoms with Crippen LogP contribution in [0.15, 0.2) is 17.4 Å². The maximum absolute atomic E-state index is 4.43. The minimum atomic E-state index is 0.575. The van der Waals surface area contributed by atoms with Gasteiger partial charge in [0.15, 0.2) is 0 Å². The first-order valence-corrected chi connectivity index (χ1v) is 6.82. The number of nitrogens with one attached hydrogen (secondary N) is 1. The van der Waals surface area contributed by atoms with E-state index in [4.69, 9.17) is 0 Å². The smallest absolute Gasteiger partial charge is 0.119 e. The van der Waals surface area contributed by atoms with E-state index in [0.29, 0.717) is 6.04 Å². The highest BCUT2D eigenvalue weighted by atomic mass is 32.2. The van der Waals surface area contributed by atoms with Crippen molar-refractivity contribution < 1.29 is 0 Å². The lowest BCUT2D eigenvalue weighted by molar-refractivity contribution is 0.162. The van der Waals surface area contributed by atoms with Crippen LogP contribution in [0.1, 0.15) is 12.6 Å². The van der Waals surface area contributed by atoms with E-state index < -0.39 is 0 Å². The first-order chi connectivity index (χ1) is 7.81. The molecule has 0 saturated carbocycles. The van der Waals surface area contributed by atoms with Gasteiger partial charge in [-0.2, -0.15) is 0 Å². The highest BCUT2D eigenvalue weighted by Crippen LogP contribution is 2.17. The average Bonchev–Trinajstić information content (AvgIpc) is 2.33. The van der Waals surface area contributed by atoms with Gasteiger partial charge in [0.05, 0.1) is 5.69 Å². The molecule has 1 N–H and O–H groups in total. The molecule has 0 bridgehead atoms.